The predicted octanol–water partition coefficient (Wildman–Crippen LogP) is 1.55. The van der Waals surface area contributed by atoms with E-state index in [1.165, 1.54) is 0 Å². The van der Waals surface area contributed by atoms with Crippen LogP contribution in [0.2, 0.25) is 0 Å². The minimum Gasteiger partial charge on any atom is -0.480 e. The van der Waals surface area contributed by atoms with Crippen LogP contribution in [0.1, 0.15) is 26.2 Å². The van der Waals surface area contributed by atoms with Crippen molar-refractivity contribution in [1.82, 2.24) is 4.90 Å². The van der Waals surface area contributed by atoms with Crippen molar-refractivity contribution < 1.29 is 19.5 Å². The molecule has 0 radical (unpaired) electrons. The Morgan fingerprint density at radius 3 is 2.54 bits per heavy atom. The molecule has 1 aliphatic heterocycles. The Hall–Kier alpha value is -2.41. The number of rotatable bonds is 7. The predicted molar refractivity (Wildman–Crippen MR) is 91.0 cm³/mol. The van der Waals surface area contributed by atoms with Crippen LogP contribution >= 0.6 is 0 Å². The number of nitrogens with zero attached hydrogens (tertiary/aromatic N) is 2. The SMILES string of the molecule is CC(C(=O)O)N(C)CCC(=O)Nc1ccc(N2CCCC2=O)cc1. The second-order valence-corrected chi connectivity index (χ2v) is 5.99. The van der Waals surface area contributed by atoms with Gasteiger partial charge in [-0.2, -0.15) is 0 Å². The van der Waals surface area contributed by atoms with Crippen LogP contribution in [-0.4, -0.2) is 54.0 Å². The Morgan fingerprint density at radius 2 is 2.00 bits per heavy atom. The molecule has 1 unspecified atom stereocenters. The van der Waals surface area contributed by atoms with Gasteiger partial charge in [0.1, 0.15) is 6.04 Å². The zero-order valence-electron chi connectivity index (χ0n) is 14.0. The lowest BCUT2D eigenvalue weighted by molar-refractivity contribution is -0.142. The summed E-state index contributed by atoms with van der Waals surface area (Å²) in [5.41, 5.74) is 1.50. The summed E-state index contributed by atoms with van der Waals surface area (Å²) in [7, 11) is 1.67. The number of carboxylic acids is 1. The molecule has 130 valence electrons. The van der Waals surface area contributed by atoms with Crippen molar-refractivity contribution in [2.45, 2.75) is 32.2 Å². The van der Waals surface area contributed by atoms with Gasteiger partial charge in [-0.05, 0) is 44.7 Å². The van der Waals surface area contributed by atoms with E-state index in [2.05, 4.69) is 5.32 Å². The summed E-state index contributed by atoms with van der Waals surface area (Å²) in [5, 5.41) is 11.7. The van der Waals surface area contributed by atoms with Gasteiger partial charge < -0.3 is 15.3 Å². The maximum absolute atomic E-state index is 12.0. The number of amides is 2. The fourth-order valence-electron chi connectivity index (χ4n) is 2.53. The maximum Gasteiger partial charge on any atom is 0.320 e. The monoisotopic (exact) mass is 333 g/mol. The second-order valence-electron chi connectivity index (χ2n) is 5.99. The third kappa shape index (κ3) is 4.55. The topological polar surface area (TPSA) is 89.9 Å². The summed E-state index contributed by atoms with van der Waals surface area (Å²) in [6, 6.07) is 6.54. The van der Waals surface area contributed by atoms with Crippen LogP contribution in [0.5, 0.6) is 0 Å². The lowest BCUT2D eigenvalue weighted by Gasteiger charge is -2.20. The standard InChI is InChI=1S/C17H23N3O4/c1-12(17(23)24)19(2)11-9-15(21)18-13-5-7-14(8-6-13)20-10-3-4-16(20)22/h5-8,12H,3-4,9-11H2,1-2H3,(H,18,21)(H,23,24). The third-order valence-corrected chi connectivity index (χ3v) is 4.25. The zero-order valence-corrected chi connectivity index (χ0v) is 14.0. The van der Waals surface area contributed by atoms with Crippen LogP contribution in [-0.2, 0) is 14.4 Å². The summed E-state index contributed by atoms with van der Waals surface area (Å²) in [5.74, 6) is -0.961. The first-order chi connectivity index (χ1) is 11.4. The Bertz CT molecular complexity index is 615. The van der Waals surface area contributed by atoms with Crippen LogP contribution in [0, 0.1) is 0 Å². The molecule has 1 heterocycles. The highest BCUT2D eigenvalue weighted by molar-refractivity contribution is 5.96. The van der Waals surface area contributed by atoms with Crippen LogP contribution in [0.25, 0.3) is 0 Å². The van der Waals surface area contributed by atoms with Crippen LogP contribution < -0.4 is 10.2 Å². The van der Waals surface area contributed by atoms with Gasteiger partial charge in [0.2, 0.25) is 11.8 Å². The van der Waals surface area contributed by atoms with Crippen LogP contribution in [0.4, 0.5) is 11.4 Å². The summed E-state index contributed by atoms with van der Waals surface area (Å²) >= 11 is 0. The molecular weight excluding hydrogens is 310 g/mol. The van der Waals surface area contributed by atoms with Gasteiger partial charge in [0, 0.05) is 37.3 Å². The van der Waals surface area contributed by atoms with E-state index in [9.17, 15) is 14.4 Å². The van der Waals surface area contributed by atoms with E-state index in [1.54, 1.807) is 35.9 Å². The van der Waals surface area contributed by atoms with Gasteiger partial charge in [0.15, 0.2) is 0 Å². The highest BCUT2D eigenvalue weighted by atomic mass is 16.4. The summed E-state index contributed by atoms with van der Waals surface area (Å²) in [4.78, 5) is 37.9. The Balaban J connectivity index is 1.84. The number of benzene rings is 1. The molecule has 7 heteroatoms. The molecule has 1 aromatic carbocycles. The zero-order chi connectivity index (χ0) is 17.7. The Kier molecular flexibility index (Phi) is 5.92. The van der Waals surface area contributed by atoms with Gasteiger partial charge >= 0.3 is 5.97 Å². The Morgan fingerprint density at radius 1 is 1.33 bits per heavy atom. The van der Waals surface area contributed by atoms with E-state index in [4.69, 9.17) is 5.11 Å². The summed E-state index contributed by atoms with van der Waals surface area (Å²) in [6.07, 6.45) is 1.67. The van der Waals surface area contributed by atoms with Gasteiger partial charge in [-0.25, -0.2) is 0 Å². The van der Waals surface area contributed by atoms with Gasteiger partial charge in [-0.15, -0.1) is 0 Å². The number of carbonyl (C=O) groups is 3. The molecule has 1 fully saturated rings. The lowest BCUT2D eigenvalue weighted by Crippen LogP contribution is -2.37. The molecule has 0 saturated carbocycles. The number of likely N-dealkylation sites (N-methyl/N-ethyl adjacent to an activating group) is 1. The van der Waals surface area contributed by atoms with E-state index in [-0.39, 0.29) is 18.2 Å². The number of hydrogen-bond acceptors (Lipinski definition) is 4. The summed E-state index contributed by atoms with van der Waals surface area (Å²) < 4.78 is 0. The quantitative estimate of drug-likeness (QED) is 0.790. The molecule has 0 bridgehead atoms. The molecular formula is C17H23N3O4. The first kappa shape index (κ1) is 17.9. The van der Waals surface area contributed by atoms with Crippen molar-refractivity contribution in [3.05, 3.63) is 24.3 Å². The largest absolute Gasteiger partial charge is 0.480 e. The summed E-state index contributed by atoms with van der Waals surface area (Å²) in [6.45, 7) is 2.68. The maximum atomic E-state index is 12.0. The fraction of sp³-hybridized carbons (Fsp3) is 0.471. The Labute approximate surface area is 141 Å². The average Bonchev–Trinajstić information content (AvgIpc) is 2.98. The number of hydrogen-bond donors (Lipinski definition) is 2. The van der Waals surface area contributed by atoms with Crippen molar-refractivity contribution in [2.75, 3.05) is 30.4 Å². The van der Waals surface area contributed by atoms with Crippen molar-refractivity contribution in [2.24, 2.45) is 0 Å². The van der Waals surface area contributed by atoms with Crippen LogP contribution in [0.15, 0.2) is 24.3 Å². The van der Waals surface area contributed by atoms with Gasteiger partial charge in [0.05, 0.1) is 0 Å². The first-order valence-corrected chi connectivity index (χ1v) is 8.02. The second kappa shape index (κ2) is 7.92. The molecule has 2 rings (SSSR count). The highest BCUT2D eigenvalue weighted by Gasteiger charge is 2.21. The number of carboxylic acid groups (broad SMARTS) is 1. The van der Waals surface area contributed by atoms with E-state index in [0.29, 0.717) is 18.7 Å². The molecule has 0 aliphatic carbocycles. The van der Waals surface area contributed by atoms with E-state index in [0.717, 1.165) is 18.7 Å². The molecule has 0 spiro atoms. The molecule has 2 amide bonds. The minimum atomic E-state index is -0.912. The molecule has 1 saturated heterocycles. The number of nitrogens with one attached hydrogen (secondary N) is 1. The van der Waals surface area contributed by atoms with Crippen molar-refractivity contribution in [3.63, 3.8) is 0 Å². The third-order valence-electron chi connectivity index (χ3n) is 4.25. The van der Waals surface area contributed by atoms with Crippen molar-refractivity contribution in [1.29, 1.82) is 0 Å². The average molecular weight is 333 g/mol. The van der Waals surface area contributed by atoms with Crippen molar-refractivity contribution >= 4 is 29.2 Å². The number of carbonyl (C=O) groups excluding carboxylic acids is 2. The molecule has 1 aromatic rings. The van der Waals surface area contributed by atoms with E-state index in [1.807, 2.05) is 12.1 Å². The van der Waals surface area contributed by atoms with Gasteiger partial charge in [-0.3, -0.25) is 19.3 Å². The van der Waals surface area contributed by atoms with Crippen LogP contribution in [0.3, 0.4) is 0 Å². The molecule has 7 nitrogen and oxygen atoms in total. The number of anilines is 2. The number of aliphatic carboxylic acids is 1. The smallest absolute Gasteiger partial charge is 0.320 e. The highest BCUT2D eigenvalue weighted by Crippen LogP contribution is 2.23. The van der Waals surface area contributed by atoms with E-state index >= 15 is 0 Å². The first-order valence-electron chi connectivity index (χ1n) is 8.02. The van der Waals surface area contributed by atoms with Gasteiger partial charge in [-0.1, -0.05) is 0 Å². The molecule has 2 N–H and O–H groups in total. The lowest BCUT2D eigenvalue weighted by atomic mass is 10.2. The normalized spacial score (nSPS) is 15.6. The fourth-order valence-corrected chi connectivity index (χ4v) is 2.53. The molecule has 24 heavy (non-hydrogen) atoms. The van der Waals surface area contributed by atoms with E-state index < -0.39 is 12.0 Å². The van der Waals surface area contributed by atoms with Gasteiger partial charge in [0.25, 0.3) is 0 Å². The molecule has 1 atom stereocenters. The minimum absolute atomic E-state index is 0.127. The van der Waals surface area contributed by atoms with Crippen molar-refractivity contribution in [3.8, 4) is 0 Å². The molecule has 0 aromatic heterocycles. The molecule has 1 aliphatic rings.